The van der Waals surface area contributed by atoms with Gasteiger partial charge in [-0.3, -0.25) is 4.79 Å². The Bertz CT molecular complexity index is 390. The molecule has 1 amide bonds. The molecule has 1 rings (SSSR count). The molecule has 0 aliphatic heterocycles. The molecular weight excluding hydrogens is 229 g/mol. The number of aromatic hydroxyl groups is 1. The normalized spacial score (nSPS) is 14.1. The highest BCUT2D eigenvalue weighted by Gasteiger charge is 2.19. The Morgan fingerprint density at radius 2 is 2.06 bits per heavy atom. The monoisotopic (exact) mass is 243 g/mol. The number of amides is 1. The summed E-state index contributed by atoms with van der Waals surface area (Å²) in [5, 5.41) is 30.7. The minimum Gasteiger partial charge on any atom is -0.508 e. The number of carbonyl (C=O) groups is 1. The van der Waals surface area contributed by atoms with Crippen LogP contribution in [0.2, 0.25) is 0 Å². The van der Waals surface area contributed by atoms with Crippen LogP contribution in [0.3, 0.4) is 0 Å². The van der Waals surface area contributed by atoms with Crippen LogP contribution in [0, 0.1) is 5.82 Å². The van der Waals surface area contributed by atoms with Gasteiger partial charge in [0.05, 0.1) is 0 Å². The lowest BCUT2D eigenvalue weighted by Gasteiger charge is -2.18. The van der Waals surface area contributed by atoms with Crippen molar-refractivity contribution in [3.8, 4) is 5.75 Å². The van der Waals surface area contributed by atoms with Crippen LogP contribution in [0.5, 0.6) is 5.75 Å². The molecule has 2 unspecified atom stereocenters. The smallest absolute Gasteiger partial charge is 0.216 e. The number of hydrogen-bond acceptors (Lipinski definition) is 4. The minimum absolute atomic E-state index is 0.0420. The molecule has 0 spiro atoms. The number of hydrogen-bond donors (Lipinski definition) is 4. The molecule has 0 bridgehead atoms. The van der Waals surface area contributed by atoms with Crippen molar-refractivity contribution in [3.05, 3.63) is 29.6 Å². The average Bonchev–Trinajstić information content (AvgIpc) is 2.23. The van der Waals surface area contributed by atoms with Gasteiger partial charge in [-0.05, 0) is 17.7 Å². The number of carbonyl (C=O) groups excluding carboxylic acids is 1. The second-order valence-corrected chi connectivity index (χ2v) is 3.69. The van der Waals surface area contributed by atoms with E-state index in [1.54, 1.807) is 0 Å². The van der Waals surface area contributed by atoms with Crippen molar-refractivity contribution in [1.82, 2.24) is 5.32 Å². The van der Waals surface area contributed by atoms with Crippen LogP contribution < -0.4 is 5.32 Å². The number of phenolic OH excluding ortho intramolecular Hbond substituents is 1. The zero-order valence-corrected chi connectivity index (χ0v) is 9.22. The molecule has 0 aliphatic rings. The number of aliphatic hydroxyl groups is 2. The van der Waals surface area contributed by atoms with Crippen molar-refractivity contribution >= 4 is 5.91 Å². The maximum atomic E-state index is 12.9. The summed E-state index contributed by atoms with van der Waals surface area (Å²) in [5.41, 5.74) is 0.0420. The summed E-state index contributed by atoms with van der Waals surface area (Å²) in [4.78, 5) is 10.6. The lowest BCUT2D eigenvalue weighted by Crippen LogP contribution is -2.34. The second kappa shape index (κ2) is 5.60. The van der Waals surface area contributed by atoms with E-state index in [1.165, 1.54) is 6.92 Å². The molecule has 17 heavy (non-hydrogen) atoms. The zero-order chi connectivity index (χ0) is 13.0. The van der Waals surface area contributed by atoms with E-state index in [2.05, 4.69) is 5.32 Å². The molecule has 0 saturated carbocycles. The van der Waals surface area contributed by atoms with Gasteiger partial charge < -0.3 is 20.6 Å². The van der Waals surface area contributed by atoms with E-state index >= 15 is 0 Å². The number of rotatable bonds is 4. The first kappa shape index (κ1) is 13.4. The Balaban J connectivity index is 2.73. The molecule has 0 aromatic heterocycles. The topological polar surface area (TPSA) is 89.8 Å². The Morgan fingerprint density at radius 1 is 1.41 bits per heavy atom. The molecular formula is C11H14FNO4. The first-order valence-electron chi connectivity index (χ1n) is 5.00. The third kappa shape index (κ3) is 4.01. The molecule has 0 aliphatic carbocycles. The van der Waals surface area contributed by atoms with E-state index in [4.69, 9.17) is 5.11 Å². The van der Waals surface area contributed by atoms with Gasteiger partial charge in [-0.1, -0.05) is 0 Å². The Hall–Kier alpha value is -1.66. The molecule has 94 valence electrons. The van der Waals surface area contributed by atoms with E-state index < -0.39 is 18.0 Å². The standard InChI is InChI=1S/C11H14FNO4/c1-6(14)13-5-10(16)11(17)7-2-8(12)4-9(15)3-7/h2-4,10-11,15-17H,5H2,1H3,(H,13,14). The van der Waals surface area contributed by atoms with Crippen molar-refractivity contribution in [2.75, 3.05) is 6.54 Å². The fourth-order valence-corrected chi connectivity index (χ4v) is 1.35. The van der Waals surface area contributed by atoms with Gasteiger partial charge in [0, 0.05) is 19.5 Å². The summed E-state index contributed by atoms with van der Waals surface area (Å²) in [6, 6.07) is 3.03. The summed E-state index contributed by atoms with van der Waals surface area (Å²) < 4.78 is 12.9. The number of phenols is 1. The molecule has 0 fully saturated rings. The van der Waals surface area contributed by atoms with E-state index in [1.807, 2.05) is 0 Å². The van der Waals surface area contributed by atoms with Gasteiger partial charge in [0.15, 0.2) is 0 Å². The average molecular weight is 243 g/mol. The Morgan fingerprint density at radius 3 is 2.59 bits per heavy atom. The summed E-state index contributed by atoms with van der Waals surface area (Å²) in [5.74, 6) is -1.41. The quantitative estimate of drug-likeness (QED) is 0.602. The molecule has 0 heterocycles. The number of nitrogens with one attached hydrogen (secondary N) is 1. The van der Waals surface area contributed by atoms with Crippen molar-refractivity contribution in [2.24, 2.45) is 0 Å². The lowest BCUT2D eigenvalue weighted by molar-refractivity contribution is -0.119. The SMILES string of the molecule is CC(=O)NCC(O)C(O)c1cc(O)cc(F)c1. The van der Waals surface area contributed by atoms with Crippen molar-refractivity contribution in [2.45, 2.75) is 19.1 Å². The maximum Gasteiger partial charge on any atom is 0.216 e. The maximum absolute atomic E-state index is 12.9. The summed E-state index contributed by atoms with van der Waals surface area (Å²) >= 11 is 0. The second-order valence-electron chi connectivity index (χ2n) is 3.69. The first-order chi connectivity index (χ1) is 7.90. The molecule has 6 heteroatoms. The summed E-state index contributed by atoms with van der Waals surface area (Å²) in [6.07, 6.45) is -2.66. The molecule has 2 atom stereocenters. The van der Waals surface area contributed by atoms with Gasteiger partial charge >= 0.3 is 0 Å². The number of benzene rings is 1. The zero-order valence-electron chi connectivity index (χ0n) is 9.22. The van der Waals surface area contributed by atoms with E-state index in [9.17, 15) is 19.4 Å². The molecule has 4 N–H and O–H groups in total. The summed E-state index contributed by atoms with van der Waals surface area (Å²) in [7, 11) is 0. The van der Waals surface area contributed by atoms with Crippen LogP contribution in [0.1, 0.15) is 18.6 Å². The minimum atomic E-state index is -1.39. The highest BCUT2D eigenvalue weighted by atomic mass is 19.1. The fraction of sp³-hybridized carbons (Fsp3) is 0.364. The van der Waals surface area contributed by atoms with Crippen LogP contribution in [0.25, 0.3) is 0 Å². The highest BCUT2D eigenvalue weighted by Crippen LogP contribution is 2.22. The van der Waals surface area contributed by atoms with E-state index in [0.29, 0.717) is 0 Å². The van der Waals surface area contributed by atoms with Gasteiger partial charge in [0.1, 0.15) is 23.8 Å². The van der Waals surface area contributed by atoms with Crippen LogP contribution in [0.4, 0.5) is 4.39 Å². The van der Waals surface area contributed by atoms with Gasteiger partial charge in [0.2, 0.25) is 5.91 Å². The number of halogens is 1. The largest absolute Gasteiger partial charge is 0.508 e. The predicted molar refractivity (Wildman–Crippen MR) is 57.7 cm³/mol. The number of aliphatic hydroxyl groups excluding tert-OH is 2. The Labute approximate surface area is 97.5 Å². The van der Waals surface area contributed by atoms with E-state index in [-0.39, 0.29) is 23.8 Å². The fourth-order valence-electron chi connectivity index (χ4n) is 1.35. The molecule has 0 saturated heterocycles. The van der Waals surface area contributed by atoms with E-state index in [0.717, 1.165) is 18.2 Å². The molecule has 0 radical (unpaired) electrons. The third-order valence-electron chi connectivity index (χ3n) is 2.17. The third-order valence-corrected chi connectivity index (χ3v) is 2.17. The summed E-state index contributed by atoms with van der Waals surface area (Å²) in [6.45, 7) is 1.11. The Kier molecular flexibility index (Phi) is 4.42. The van der Waals surface area contributed by atoms with Crippen molar-refractivity contribution < 1.29 is 24.5 Å². The predicted octanol–water partition coefficient (Wildman–Crippen LogP) is 0.0617. The van der Waals surface area contributed by atoms with Crippen LogP contribution in [-0.4, -0.2) is 33.9 Å². The molecule has 1 aromatic carbocycles. The molecule has 5 nitrogen and oxygen atoms in total. The van der Waals surface area contributed by atoms with Crippen molar-refractivity contribution in [1.29, 1.82) is 0 Å². The van der Waals surface area contributed by atoms with Crippen LogP contribution >= 0.6 is 0 Å². The van der Waals surface area contributed by atoms with Gasteiger partial charge in [-0.15, -0.1) is 0 Å². The lowest BCUT2D eigenvalue weighted by atomic mass is 10.0. The highest BCUT2D eigenvalue weighted by molar-refractivity contribution is 5.72. The van der Waals surface area contributed by atoms with Gasteiger partial charge in [0.25, 0.3) is 0 Å². The first-order valence-corrected chi connectivity index (χ1v) is 5.00. The van der Waals surface area contributed by atoms with Crippen LogP contribution in [-0.2, 0) is 4.79 Å². The van der Waals surface area contributed by atoms with Gasteiger partial charge in [-0.25, -0.2) is 4.39 Å². The molecule has 1 aromatic rings. The van der Waals surface area contributed by atoms with Gasteiger partial charge in [-0.2, -0.15) is 0 Å². The van der Waals surface area contributed by atoms with Crippen LogP contribution in [0.15, 0.2) is 18.2 Å². The van der Waals surface area contributed by atoms with Crippen molar-refractivity contribution in [3.63, 3.8) is 0 Å².